The van der Waals surface area contributed by atoms with E-state index in [4.69, 9.17) is 16.2 Å². The minimum atomic E-state index is -1.63. The molecule has 0 aromatic heterocycles. The molecule has 4 aliphatic heterocycles. The van der Waals surface area contributed by atoms with E-state index < -0.39 is 70.6 Å². The maximum Gasteiger partial charge on any atom is 0.243 e. The van der Waals surface area contributed by atoms with Gasteiger partial charge in [-0.3, -0.25) is 14.9 Å². The number of rotatable bonds is 2. The van der Waals surface area contributed by atoms with Crippen molar-refractivity contribution in [2.75, 3.05) is 26.3 Å². The van der Waals surface area contributed by atoms with Gasteiger partial charge in [-0.05, 0) is 148 Å². The zero-order valence-corrected chi connectivity index (χ0v) is 46.6. The van der Waals surface area contributed by atoms with E-state index in [0.717, 1.165) is 46.3 Å². The molecule has 3 aromatic carbocycles. The molecule has 12 N–H and O–H groups in total. The fraction of sp³-hybridized carbons (Fsp3) is 0.470. The number of phenolic OH excluding ortho intramolecular Hbond substituents is 1. The van der Waals surface area contributed by atoms with Crippen molar-refractivity contribution in [2.45, 2.75) is 146 Å². The number of hydrogen-bond acceptors (Lipinski definition) is 13. The monoisotopic (exact) mass is 1080 g/mol. The number of nitrogens with zero attached hydrogens (tertiary/aromatic N) is 1. The third kappa shape index (κ3) is 12.6. The Morgan fingerprint density at radius 2 is 1.69 bits per heavy atom. The molecule has 11 unspecified atom stereocenters. The summed E-state index contributed by atoms with van der Waals surface area (Å²) in [6.07, 6.45) is 10.6. The Balaban J connectivity index is 1.14. The van der Waals surface area contributed by atoms with E-state index in [-0.39, 0.29) is 56.6 Å². The van der Waals surface area contributed by atoms with Gasteiger partial charge in [0.25, 0.3) is 0 Å². The molecule has 2 aliphatic carbocycles. The summed E-state index contributed by atoms with van der Waals surface area (Å²) < 4.78 is 6.21. The van der Waals surface area contributed by atoms with Crippen LogP contribution in [0.25, 0.3) is 0 Å². The first-order chi connectivity index (χ1) is 38.4. The topological polar surface area (TPSA) is 245 Å². The highest BCUT2D eigenvalue weighted by molar-refractivity contribution is 5.98. The minimum Gasteiger partial charge on any atom is -0.508 e. The number of ether oxygens (including phenoxy) is 1. The zero-order valence-electron chi connectivity index (χ0n) is 46.6. The summed E-state index contributed by atoms with van der Waals surface area (Å²) in [4.78, 5) is 33.9. The van der Waals surface area contributed by atoms with Gasteiger partial charge in [-0.25, -0.2) is 0 Å². The van der Waals surface area contributed by atoms with Crippen LogP contribution in [0.2, 0.25) is 0 Å². The lowest BCUT2D eigenvalue weighted by Crippen LogP contribution is -2.59. The number of benzene rings is 3. The predicted molar refractivity (Wildman–Crippen MR) is 311 cm³/mol. The molecule has 2 fully saturated rings. The predicted octanol–water partition coefficient (Wildman–Crippen LogP) is 6.99. The minimum absolute atomic E-state index is 0.0569. The number of hydrogen-bond donors (Lipinski definition) is 10. The molecule has 0 saturated heterocycles. The highest BCUT2D eigenvalue weighted by atomic mass is 16.5. The first-order valence-electron chi connectivity index (χ1n) is 28.5. The number of ketones is 1. The number of amides is 1. The van der Waals surface area contributed by atoms with Gasteiger partial charge in [0, 0.05) is 61.6 Å². The number of aliphatic hydroxyl groups is 4. The first-order valence-corrected chi connectivity index (χ1v) is 28.5. The Labute approximate surface area is 471 Å². The fourth-order valence-corrected chi connectivity index (χ4v) is 14.0. The average Bonchev–Trinajstić information content (AvgIpc) is 3.93. The van der Waals surface area contributed by atoms with E-state index in [0.29, 0.717) is 80.1 Å². The van der Waals surface area contributed by atoms with Crippen molar-refractivity contribution in [1.29, 1.82) is 0 Å². The molecule has 3 aromatic rings. The van der Waals surface area contributed by atoms with E-state index in [9.17, 15) is 30.3 Å². The van der Waals surface area contributed by atoms with Crippen molar-refractivity contribution in [1.82, 2.24) is 16.0 Å². The third-order valence-corrected chi connectivity index (χ3v) is 18.4. The lowest BCUT2D eigenvalue weighted by Gasteiger charge is -2.56. The van der Waals surface area contributed by atoms with Gasteiger partial charge in [0.15, 0.2) is 5.78 Å². The lowest BCUT2D eigenvalue weighted by atomic mass is 9.52. The number of phenols is 1. The summed E-state index contributed by atoms with van der Waals surface area (Å²) in [5, 5.41) is 71.7. The summed E-state index contributed by atoms with van der Waals surface area (Å²) in [5.41, 5.74) is 17.7. The number of β-amino-alcohol motifs (C(OH)–C–C–N with tert-alkyl or cyclic N) is 1. The summed E-state index contributed by atoms with van der Waals surface area (Å²) in [6, 6.07) is 22.1. The smallest absolute Gasteiger partial charge is 0.243 e. The van der Waals surface area contributed by atoms with Crippen molar-refractivity contribution < 1.29 is 39.9 Å². The second-order valence-electron chi connectivity index (χ2n) is 23.5. The largest absolute Gasteiger partial charge is 0.508 e. The number of guanidine groups is 1. The van der Waals surface area contributed by atoms with Crippen LogP contribution in [0.5, 0.6) is 5.75 Å². The Morgan fingerprint density at radius 3 is 2.49 bits per heavy atom. The molecule has 80 heavy (non-hydrogen) atoms. The van der Waals surface area contributed by atoms with Crippen molar-refractivity contribution in [2.24, 2.45) is 39.6 Å². The Hall–Kier alpha value is -6.59. The molecule has 14 nitrogen and oxygen atoms in total. The maximum absolute atomic E-state index is 15.3. The van der Waals surface area contributed by atoms with E-state index in [1.54, 1.807) is 12.1 Å². The number of aromatic hydroxyl groups is 1. The highest BCUT2D eigenvalue weighted by Gasteiger charge is 2.64. The van der Waals surface area contributed by atoms with E-state index in [2.05, 4.69) is 70.4 Å². The van der Waals surface area contributed by atoms with Crippen LogP contribution in [0.4, 0.5) is 0 Å². The van der Waals surface area contributed by atoms with Crippen LogP contribution in [-0.4, -0.2) is 92.9 Å². The standard InChI is InChI=1S/C66H80N6O8/c1-41-12-5-6-33-80-39-48(19-8-15-42(2)14-7-13-41)52-28-31-66(60(52)76)55-26-25-50(74)35-44-16-9-17-45(34-44)36-56-54(46-21-23-49(73)24-22-46)38-70-63(68)69-32-11-29-65(56,79)40-71-59-58-47(18-10-20-53(58)61(67)72-62(59)77)37-57(75)43(3)51(55)27-30-64(66,4)78/h8-10,13,15-24,34,50,52,54-56,59-61,71,73-74,76,78-79H,2,7,12,14,25-31,33,35-40,67H2,1,3-4H3,(H,72,77)(H3,68,69,70). The number of aliphatic hydroxyl groups excluding tert-OH is 2. The van der Waals surface area contributed by atoms with E-state index in [1.165, 1.54) is 5.57 Å². The zero-order chi connectivity index (χ0) is 56.8. The van der Waals surface area contributed by atoms with Gasteiger partial charge in [-0.2, -0.15) is 4.99 Å². The Morgan fingerprint density at radius 1 is 0.912 bits per heavy atom. The molecule has 2 bridgehead atoms. The summed E-state index contributed by atoms with van der Waals surface area (Å²) in [6.45, 7) is 10.6. The molecule has 422 valence electrons. The summed E-state index contributed by atoms with van der Waals surface area (Å²) in [7, 11) is 0. The van der Waals surface area contributed by atoms with E-state index >= 15 is 4.79 Å². The summed E-state index contributed by atoms with van der Waals surface area (Å²) >= 11 is 0. The number of aliphatic imine (C=N–C) groups is 1. The molecule has 1 amide bonds. The number of fused-ring (bicyclic) bond motifs is 5. The van der Waals surface area contributed by atoms with E-state index in [1.807, 2.05) is 80.6 Å². The van der Waals surface area contributed by atoms with Crippen LogP contribution >= 0.6 is 0 Å². The van der Waals surface area contributed by atoms with Gasteiger partial charge in [0.1, 0.15) is 24.6 Å². The Kier molecular flexibility index (Phi) is 18.2. The van der Waals surface area contributed by atoms with Crippen LogP contribution in [0, 0.1) is 47.0 Å². The van der Waals surface area contributed by atoms with Crippen molar-refractivity contribution >= 4 is 17.6 Å². The fourth-order valence-electron chi connectivity index (χ4n) is 14.0. The molecule has 6 aliphatic rings. The van der Waals surface area contributed by atoms with Gasteiger partial charge in [0.2, 0.25) is 11.9 Å². The molecule has 11 atom stereocenters. The molecule has 1 spiro atoms. The van der Waals surface area contributed by atoms with Crippen molar-refractivity contribution in [3.63, 3.8) is 0 Å². The number of nitrogens with two attached hydrogens (primary N) is 2. The normalized spacial score (nSPS) is 32.2. The number of Topliss-reactive ketones (excluding diaryl/α,β-unsaturated/α-hetero) is 1. The van der Waals surface area contributed by atoms with Crippen molar-refractivity contribution in [3.8, 4) is 29.6 Å². The van der Waals surface area contributed by atoms with Crippen LogP contribution in [0.1, 0.15) is 136 Å². The molecule has 2 saturated carbocycles. The third-order valence-electron chi connectivity index (χ3n) is 18.4. The number of nitrogens with one attached hydrogen (secondary N) is 3. The molecule has 0 radical (unpaired) electrons. The number of carbonyl (C=O) groups is 2. The van der Waals surface area contributed by atoms with Crippen LogP contribution in [-0.2, 0) is 33.6 Å². The second kappa shape index (κ2) is 25.0. The molecular weight excluding hydrogens is 1000 g/mol. The quantitative estimate of drug-likeness (QED) is 0.0923. The SMILES string of the molecule is C=C1C=CC=C(C2CCC3(C4CCC(O)Cc5cccc(c5)CC5C(c6ccc(O)cc6)CNC(N)=NC#CCC5(O)CNC5C(=O)NC(N)c6cccc(c65)CC(=O)C(C)=C4CCC3(C)O)C2O)COCC#CCC(C)=CCC1. The van der Waals surface area contributed by atoms with Crippen molar-refractivity contribution in [3.05, 3.63) is 159 Å². The number of allylic oxidation sites excluding steroid dienone is 8. The molecular formula is C66H80N6O8. The average molecular weight is 1090 g/mol. The Bertz CT molecular complexity index is 3120. The first kappa shape index (κ1) is 58.1. The van der Waals surface area contributed by atoms with Crippen LogP contribution in [0.15, 0.2) is 130 Å². The maximum atomic E-state index is 15.3. The summed E-state index contributed by atoms with van der Waals surface area (Å²) in [5.74, 6) is 7.10. The molecule has 4 heterocycles. The number of carbonyl (C=O) groups excluding carboxylic acids is 2. The second-order valence-corrected chi connectivity index (χ2v) is 23.5. The molecule has 9 rings (SSSR count). The van der Waals surface area contributed by atoms with Crippen LogP contribution in [0.3, 0.4) is 0 Å². The highest BCUT2D eigenvalue weighted by Crippen LogP contribution is 2.63. The van der Waals surface area contributed by atoms with Gasteiger partial charge < -0.3 is 52.4 Å². The van der Waals surface area contributed by atoms with Gasteiger partial charge in [-0.15, -0.1) is 0 Å². The van der Waals surface area contributed by atoms with Crippen LogP contribution < -0.4 is 27.4 Å². The van der Waals surface area contributed by atoms with Gasteiger partial charge in [-0.1, -0.05) is 120 Å². The van der Waals surface area contributed by atoms with Gasteiger partial charge >= 0.3 is 0 Å². The van der Waals surface area contributed by atoms with Gasteiger partial charge in [0.05, 0.1) is 30.0 Å². The lowest BCUT2D eigenvalue weighted by molar-refractivity contribution is -0.168. The molecule has 14 heteroatoms.